The van der Waals surface area contributed by atoms with Crippen molar-refractivity contribution < 1.29 is 9.53 Å². The minimum Gasteiger partial charge on any atom is -0.461 e. The van der Waals surface area contributed by atoms with Crippen molar-refractivity contribution in [3.05, 3.63) is 45.2 Å². The van der Waals surface area contributed by atoms with Gasteiger partial charge in [-0.2, -0.15) is 4.98 Å². The van der Waals surface area contributed by atoms with E-state index in [9.17, 15) is 4.79 Å². The SMILES string of the molecule is Cc1cc(C)n2nc(CCCOC(=O)c3ccc(C)s3)nc2n1. The molecule has 0 N–H and O–H groups in total. The van der Waals surface area contributed by atoms with Crippen molar-refractivity contribution in [2.45, 2.75) is 33.6 Å². The van der Waals surface area contributed by atoms with Crippen LogP contribution >= 0.6 is 11.3 Å². The molecule has 3 heterocycles. The highest BCUT2D eigenvalue weighted by atomic mass is 32.1. The summed E-state index contributed by atoms with van der Waals surface area (Å²) in [5, 5.41) is 4.44. The summed E-state index contributed by atoms with van der Waals surface area (Å²) in [6.07, 6.45) is 1.34. The lowest BCUT2D eigenvalue weighted by atomic mass is 10.3. The van der Waals surface area contributed by atoms with Crippen LogP contribution in [0.1, 0.15) is 38.2 Å². The number of rotatable bonds is 5. The highest BCUT2D eigenvalue weighted by molar-refractivity contribution is 7.13. The number of ether oxygens (including phenoxy) is 1. The van der Waals surface area contributed by atoms with Crippen molar-refractivity contribution in [2.24, 2.45) is 0 Å². The molecule has 0 bridgehead atoms. The largest absolute Gasteiger partial charge is 0.461 e. The monoisotopic (exact) mass is 330 g/mol. The van der Waals surface area contributed by atoms with E-state index in [0.717, 1.165) is 16.3 Å². The molecule has 0 aliphatic rings. The maximum absolute atomic E-state index is 11.8. The number of aryl methyl sites for hydroxylation is 4. The van der Waals surface area contributed by atoms with Crippen LogP contribution in [-0.2, 0) is 11.2 Å². The van der Waals surface area contributed by atoms with Gasteiger partial charge in [0.25, 0.3) is 5.78 Å². The van der Waals surface area contributed by atoms with Crippen LogP contribution in [0.25, 0.3) is 5.78 Å². The van der Waals surface area contributed by atoms with Crippen molar-refractivity contribution in [1.82, 2.24) is 19.6 Å². The third-order valence-corrected chi connectivity index (χ3v) is 4.36. The number of nitrogens with zero attached hydrogens (tertiary/aromatic N) is 4. The van der Waals surface area contributed by atoms with Crippen LogP contribution < -0.4 is 0 Å². The molecule has 0 unspecified atom stereocenters. The number of fused-ring (bicyclic) bond motifs is 1. The van der Waals surface area contributed by atoms with Gasteiger partial charge in [0.1, 0.15) is 4.88 Å². The Kier molecular flexibility index (Phi) is 4.38. The minimum atomic E-state index is -0.265. The van der Waals surface area contributed by atoms with Gasteiger partial charge in [0, 0.05) is 22.7 Å². The molecule has 3 rings (SSSR count). The van der Waals surface area contributed by atoms with Crippen molar-refractivity contribution >= 4 is 23.1 Å². The third kappa shape index (κ3) is 3.56. The van der Waals surface area contributed by atoms with Gasteiger partial charge in [0.05, 0.1) is 6.61 Å². The molecule has 0 saturated carbocycles. The summed E-state index contributed by atoms with van der Waals surface area (Å²) in [6.45, 7) is 6.24. The molecule has 0 saturated heterocycles. The van der Waals surface area contributed by atoms with E-state index in [2.05, 4.69) is 15.1 Å². The molecule has 23 heavy (non-hydrogen) atoms. The second kappa shape index (κ2) is 6.45. The predicted octanol–water partition coefficient (Wildman–Crippen LogP) is 2.90. The number of carbonyl (C=O) groups excluding carboxylic acids is 1. The molecule has 0 aliphatic carbocycles. The maximum Gasteiger partial charge on any atom is 0.348 e. The van der Waals surface area contributed by atoms with Gasteiger partial charge in [0.15, 0.2) is 5.82 Å². The summed E-state index contributed by atoms with van der Waals surface area (Å²) in [7, 11) is 0. The molecule has 0 radical (unpaired) electrons. The van der Waals surface area contributed by atoms with E-state index in [1.807, 2.05) is 32.9 Å². The van der Waals surface area contributed by atoms with E-state index in [4.69, 9.17) is 4.74 Å². The first-order chi connectivity index (χ1) is 11.0. The molecule has 0 amide bonds. The van der Waals surface area contributed by atoms with Crippen LogP contribution in [0.3, 0.4) is 0 Å². The standard InChI is InChI=1S/C16H18N4O2S/c1-10-9-11(2)20-16(17-10)18-14(19-20)5-4-8-22-15(21)13-7-6-12(3)23-13/h6-7,9H,4-5,8H2,1-3H3. The highest BCUT2D eigenvalue weighted by Crippen LogP contribution is 2.16. The topological polar surface area (TPSA) is 69.4 Å². The van der Waals surface area contributed by atoms with Gasteiger partial charge >= 0.3 is 5.97 Å². The van der Waals surface area contributed by atoms with Gasteiger partial charge in [0.2, 0.25) is 0 Å². The van der Waals surface area contributed by atoms with Gasteiger partial charge < -0.3 is 4.74 Å². The molecule has 0 spiro atoms. The van der Waals surface area contributed by atoms with Crippen molar-refractivity contribution in [1.29, 1.82) is 0 Å². The van der Waals surface area contributed by atoms with Crippen LogP contribution in [0.15, 0.2) is 18.2 Å². The van der Waals surface area contributed by atoms with Gasteiger partial charge in [-0.25, -0.2) is 14.3 Å². The quantitative estimate of drug-likeness (QED) is 0.531. The Balaban J connectivity index is 1.55. The van der Waals surface area contributed by atoms with Gasteiger partial charge in [-0.1, -0.05) is 0 Å². The Labute approximate surface area is 138 Å². The first-order valence-electron chi connectivity index (χ1n) is 7.46. The van der Waals surface area contributed by atoms with Gasteiger partial charge in [-0.05, 0) is 45.4 Å². The zero-order chi connectivity index (χ0) is 16.4. The predicted molar refractivity (Wildman–Crippen MR) is 87.9 cm³/mol. The molecule has 0 atom stereocenters. The molecule has 3 aromatic heterocycles. The summed E-state index contributed by atoms with van der Waals surface area (Å²) >= 11 is 1.45. The van der Waals surface area contributed by atoms with E-state index in [1.54, 1.807) is 10.6 Å². The normalized spacial score (nSPS) is 11.1. The van der Waals surface area contributed by atoms with Crippen LogP contribution in [-0.4, -0.2) is 32.2 Å². The molecular formula is C16H18N4O2S. The fourth-order valence-electron chi connectivity index (χ4n) is 2.32. The van der Waals surface area contributed by atoms with Crippen LogP contribution in [0.4, 0.5) is 0 Å². The van der Waals surface area contributed by atoms with Crippen molar-refractivity contribution in [3.63, 3.8) is 0 Å². The number of carbonyl (C=O) groups is 1. The van der Waals surface area contributed by atoms with E-state index in [0.29, 0.717) is 35.9 Å². The zero-order valence-corrected chi connectivity index (χ0v) is 14.2. The first kappa shape index (κ1) is 15.6. The molecule has 3 aromatic rings. The summed E-state index contributed by atoms with van der Waals surface area (Å²) in [6, 6.07) is 5.68. The Morgan fingerprint density at radius 1 is 1.26 bits per heavy atom. The average Bonchev–Trinajstić information content (AvgIpc) is 3.09. The van der Waals surface area contributed by atoms with Crippen LogP contribution in [0.2, 0.25) is 0 Å². The van der Waals surface area contributed by atoms with Crippen molar-refractivity contribution in [2.75, 3.05) is 6.61 Å². The minimum absolute atomic E-state index is 0.265. The van der Waals surface area contributed by atoms with E-state index in [-0.39, 0.29) is 5.97 Å². The lowest BCUT2D eigenvalue weighted by Crippen LogP contribution is -2.05. The Morgan fingerprint density at radius 2 is 2.09 bits per heavy atom. The van der Waals surface area contributed by atoms with Crippen LogP contribution in [0.5, 0.6) is 0 Å². The molecule has 0 fully saturated rings. The Hall–Kier alpha value is -2.28. The second-order valence-corrected chi connectivity index (χ2v) is 6.72. The smallest absolute Gasteiger partial charge is 0.348 e. The Morgan fingerprint density at radius 3 is 2.83 bits per heavy atom. The number of hydrogen-bond donors (Lipinski definition) is 0. The third-order valence-electron chi connectivity index (χ3n) is 3.38. The van der Waals surface area contributed by atoms with E-state index in [1.165, 1.54) is 11.3 Å². The fraction of sp³-hybridized carbons (Fsp3) is 0.375. The lowest BCUT2D eigenvalue weighted by Gasteiger charge is -2.01. The summed E-state index contributed by atoms with van der Waals surface area (Å²) < 4.78 is 7.01. The summed E-state index contributed by atoms with van der Waals surface area (Å²) in [4.78, 5) is 22.4. The second-order valence-electron chi connectivity index (χ2n) is 5.43. The number of thiophene rings is 1. The summed E-state index contributed by atoms with van der Waals surface area (Å²) in [5.74, 6) is 1.07. The Bertz CT molecular complexity index is 853. The van der Waals surface area contributed by atoms with E-state index >= 15 is 0 Å². The van der Waals surface area contributed by atoms with Crippen LogP contribution in [0, 0.1) is 20.8 Å². The van der Waals surface area contributed by atoms with Gasteiger partial charge in [-0.3, -0.25) is 0 Å². The van der Waals surface area contributed by atoms with Crippen molar-refractivity contribution in [3.8, 4) is 0 Å². The van der Waals surface area contributed by atoms with Gasteiger partial charge in [-0.15, -0.1) is 16.4 Å². The molecule has 6 nitrogen and oxygen atoms in total. The molecular weight excluding hydrogens is 312 g/mol. The summed E-state index contributed by atoms with van der Waals surface area (Å²) in [5.41, 5.74) is 1.93. The molecule has 7 heteroatoms. The number of aromatic nitrogens is 4. The lowest BCUT2D eigenvalue weighted by molar-refractivity contribution is 0.0506. The molecule has 120 valence electrons. The van der Waals surface area contributed by atoms with E-state index < -0.39 is 0 Å². The molecule has 0 aliphatic heterocycles. The zero-order valence-electron chi connectivity index (χ0n) is 13.4. The average molecular weight is 330 g/mol. The highest BCUT2D eigenvalue weighted by Gasteiger charge is 2.10. The maximum atomic E-state index is 11.8. The number of hydrogen-bond acceptors (Lipinski definition) is 6. The number of esters is 1. The first-order valence-corrected chi connectivity index (χ1v) is 8.28. The molecule has 0 aromatic carbocycles. The fourth-order valence-corrected chi connectivity index (χ4v) is 3.09.